The summed E-state index contributed by atoms with van der Waals surface area (Å²) in [7, 11) is 1.72. The van der Waals surface area contributed by atoms with E-state index in [1.807, 2.05) is 24.3 Å². The van der Waals surface area contributed by atoms with Crippen molar-refractivity contribution in [1.29, 1.82) is 0 Å². The van der Waals surface area contributed by atoms with Gasteiger partial charge in [0.2, 0.25) is 0 Å². The van der Waals surface area contributed by atoms with E-state index in [4.69, 9.17) is 10.5 Å². The summed E-state index contributed by atoms with van der Waals surface area (Å²) in [6.45, 7) is 3.81. The van der Waals surface area contributed by atoms with Crippen molar-refractivity contribution >= 4 is 33.0 Å². The number of piperazine rings is 1. The number of hydrogen-bond donors (Lipinski definition) is 1. The number of hydrogen-bond acceptors (Lipinski definition) is 4. The van der Waals surface area contributed by atoms with Crippen LogP contribution in [0.15, 0.2) is 46.9 Å². The molecule has 5 heteroatoms. The predicted octanol–water partition coefficient (Wildman–Crippen LogP) is 3.37. The number of halogens is 1. The number of nitrogen functional groups attached to an aromatic ring is 1. The van der Waals surface area contributed by atoms with Gasteiger partial charge < -0.3 is 20.3 Å². The molecule has 0 saturated carbocycles. The van der Waals surface area contributed by atoms with Crippen molar-refractivity contribution in [1.82, 2.24) is 0 Å². The van der Waals surface area contributed by atoms with E-state index in [2.05, 4.69) is 43.9 Å². The first-order chi connectivity index (χ1) is 10.7. The molecule has 0 amide bonds. The van der Waals surface area contributed by atoms with Crippen molar-refractivity contribution in [2.24, 2.45) is 0 Å². The molecule has 0 radical (unpaired) electrons. The summed E-state index contributed by atoms with van der Waals surface area (Å²) in [6, 6.07) is 14.3. The van der Waals surface area contributed by atoms with Crippen LogP contribution in [0.2, 0.25) is 0 Å². The normalized spacial score (nSPS) is 15.0. The van der Waals surface area contributed by atoms with Crippen LogP contribution in [0, 0.1) is 0 Å². The Morgan fingerprint density at radius 3 is 2.23 bits per heavy atom. The van der Waals surface area contributed by atoms with Gasteiger partial charge in [-0.15, -0.1) is 0 Å². The highest BCUT2D eigenvalue weighted by Gasteiger charge is 2.20. The lowest BCUT2D eigenvalue weighted by atomic mass is 10.2. The van der Waals surface area contributed by atoms with Gasteiger partial charge in [0.1, 0.15) is 5.75 Å². The molecule has 0 unspecified atom stereocenters. The second kappa shape index (κ2) is 6.48. The van der Waals surface area contributed by atoms with Crippen LogP contribution in [-0.2, 0) is 0 Å². The van der Waals surface area contributed by atoms with Gasteiger partial charge >= 0.3 is 0 Å². The molecular formula is C17H20BrN3O. The Bertz CT molecular complexity index is 654. The second-order valence-electron chi connectivity index (χ2n) is 5.35. The Hall–Kier alpha value is -1.88. The summed E-state index contributed by atoms with van der Waals surface area (Å²) in [5.74, 6) is 0.930. The molecule has 0 spiro atoms. The maximum atomic E-state index is 6.14. The maximum Gasteiger partial charge on any atom is 0.142 e. The van der Waals surface area contributed by atoms with Crippen molar-refractivity contribution in [3.63, 3.8) is 0 Å². The third-order valence-electron chi connectivity index (χ3n) is 4.04. The molecular weight excluding hydrogens is 342 g/mol. The van der Waals surface area contributed by atoms with Crippen LogP contribution in [0.25, 0.3) is 0 Å². The van der Waals surface area contributed by atoms with Gasteiger partial charge in [0.25, 0.3) is 0 Å². The van der Waals surface area contributed by atoms with Crippen LogP contribution in [-0.4, -0.2) is 33.3 Å². The molecule has 2 N–H and O–H groups in total. The van der Waals surface area contributed by atoms with E-state index < -0.39 is 0 Å². The largest absolute Gasteiger partial charge is 0.495 e. The fraction of sp³-hybridized carbons (Fsp3) is 0.294. The van der Waals surface area contributed by atoms with Gasteiger partial charge in [0.15, 0.2) is 0 Å². The first kappa shape index (κ1) is 15.0. The van der Waals surface area contributed by atoms with E-state index in [1.54, 1.807) is 7.11 Å². The lowest BCUT2D eigenvalue weighted by Gasteiger charge is -2.38. The highest BCUT2D eigenvalue weighted by molar-refractivity contribution is 9.10. The molecule has 1 aliphatic rings. The van der Waals surface area contributed by atoms with Gasteiger partial charge in [-0.2, -0.15) is 0 Å². The lowest BCUT2D eigenvalue weighted by molar-refractivity contribution is 0.413. The number of benzene rings is 2. The zero-order valence-electron chi connectivity index (χ0n) is 12.6. The number of rotatable bonds is 3. The molecule has 4 nitrogen and oxygen atoms in total. The molecule has 22 heavy (non-hydrogen) atoms. The van der Waals surface area contributed by atoms with Gasteiger partial charge in [0, 0.05) is 30.7 Å². The average Bonchev–Trinajstić information content (AvgIpc) is 2.55. The minimum absolute atomic E-state index is 0.820. The number of para-hydroxylation sites is 2. The first-order valence-electron chi connectivity index (χ1n) is 7.37. The predicted molar refractivity (Wildman–Crippen MR) is 96.0 cm³/mol. The molecule has 0 aromatic heterocycles. The molecule has 0 atom stereocenters. The lowest BCUT2D eigenvalue weighted by Crippen LogP contribution is -2.46. The van der Waals surface area contributed by atoms with Gasteiger partial charge in [-0.25, -0.2) is 0 Å². The van der Waals surface area contributed by atoms with Gasteiger partial charge in [-0.1, -0.05) is 28.1 Å². The summed E-state index contributed by atoms with van der Waals surface area (Å²) in [6.07, 6.45) is 0. The van der Waals surface area contributed by atoms with Gasteiger partial charge in [-0.05, 0) is 30.3 Å². The van der Waals surface area contributed by atoms with Crippen LogP contribution < -0.4 is 20.3 Å². The maximum absolute atomic E-state index is 6.14. The third-order valence-corrected chi connectivity index (χ3v) is 4.53. The molecule has 3 rings (SSSR count). The molecule has 0 bridgehead atoms. The van der Waals surface area contributed by atoms with Crippen LogP contribution >= 0.6 is 15.9 Å². The molecule has 1 aliphatic heterocycles. The van der Waals surface area contributed by atoms with Crippen molar-refractivity contribution < 1.29 is 4.74 Å². The smallest absolute Gasteiger partial charge is 0.142 e. The Morgan fingerprint density at radius 1 is 0.955 bits per heavy atom. The van der Waals surface area contributed by atoms with E-state index in [9.17, 15) is 0 Å². The SMILES string of the molecule is COc1ccccc1N1CCN(c2ccc(Br)cc2N)CC1. The second-order valence-corrected chi connectivity index (χ2v) is 6.26. The first-order valence-corrected chi connectivity index (χ1v) is 8.16. The van der Waals surface area contributed by atoms with Crippen LogP contribution in [0.3, 0.4) is 0 Å². The Labute approximate surface area is 139 Å². The zero-order valence-corrected chi connectivity index (χ0v) is 14.2. The van der Waals surface area contributed by atoms with E-state index in [1.165, 1.54) is 0 Å². The van der Waals surface area contributed by atoms with Crippen LogP contribution in [0.1, 0.15) is 0 Å². The molecule has 1 heterocycles. The highest BCUT2D eigenvalue weighted by atomic mass is 79.9. The van der Waals surface area contributed by atoms with Gasteiger partial charge in [0.05, 0.1) is 24.2 Å². The average molecular weight is 362 g/mol. The van der Waals surface area contributed by atoms with E-state index in [0.717, 1.165) is 53.5 Å². The van der Waals surface area contributed by atoms with E-state index in [0.29, 0.717) is 0 Å². The molecule has 1 fully saturated rings. The Kier molecular flexibility index (Phi) is 4.43. The van der Waals surface area contributed by atoms with Crippen molar-refractivity contribution in [3.8, 4) is 5.75 Å². The quantitative estimate of drug-likeness (QED) is 0.851. The fourth-order valence-corrected chi connectivity index (χ4v) is 3.27. The summed E-state index contributed by atoms with van der Waals surface area (Å²) < 4.78 is 6.48. The van der Waals surface area contributed by atoms with E-state index >= 15 is 0 Å². The zero-order chi connectivity index (χ0) is 15.5. The van der Waals surface area contributed by atoms with Crippen molar-refractivity contribution in [2.75, 3.05) is 48.8 Å². The van der Waals surface area contributed by atoms with Gasteiger partial charge in [-0.3, -0.25) is 0 Å². The monoisotopic (exact) mass is 361 g/mol. The number of nitrogens with zero attached hydrogens (tertiary/aromatic N) is 2. The van der Waals surface area contributed by atoms with Crippen molar-refractivity contribution in [3.05, 3.63) is 46.9 Å². The highest BCUT2D eigenvalue weighted by Crippen LogP contribution is 2.31. The molecule has 0 aliphatic carbocycles. The molecule has 2 aromatic carbocycles. The third kappa shape index (κ3) is 2.99. The molecule has 116 valence electrons. The summed E-state index contributed by atoms with van der Waals surface area (Å²) in [4.78, 5) is 4.71. The fourth-order valence-electron chi connectivity index (χ4n) is 2.89. The summed E-state index contributed by atoms with van der Waals surface area (Å²) in [5.41, 5.74) is 9.23. The summed E-state index contributed by atoms with van der Waals surface area (Å²) in [5, 5.41) is 0. The van der Waals surface area contributed by atoms with Crippen molar-refractivity contribution in [2.45, 2.75) is 0 Å². The number of methoxy groups -OCH3 is 1. The number of nitrogens with two attached hydrogens (primary N) is 1. The summed E-state index contributed by atoms with van der Waals surface area (Å²) >= 11 is 3.46. The minimum Gasteiger partial charge on any atom is -0.495 e. The Balaban J connectivity index is 1.72. The topological polar surface area (TPSA) is 41.7 Å². The number of anilines is 3. The Morgan fingerprint density at radius 2 is 1.59 bits per heavy atom. The molecule has 1 saturated heterocycles. The number of ether oxygens (including phenoxy) is 1. The minimum atomic E-state index is 0.820. The molecule has 2 aromatic rings. The van der Waals surface area contributed by atoms with E-state index in [-0.39, 0.29) is 0 Å². The van der Waals surface area contributed by atoms with Crippen LogP contribution in [0.4, 0.5) is 17.1 Å². The standard InChI is InChI=1S/C17H20BrN3O/c1-22-17-5-3-2-4-16(17)21-10-8-20(9-11-21)15-7-6-13(18)12-14(15)19/h2-7,12H,8-11,19H2,1H3. The van der Waals surface area contributed by atoms with Crippen LogP contribution in [0.5, 0.6) is 5.75 Å².